The molecule has 0 atom stereocenters. The summed E-state index contributed by atoms with van der Waals surface area (Å²) in [6, 6.07) is 5.50. The van der Waals surface area contributed by atoms with E-state index >= 15 is 0 Å². The van der Waals surface area contributed by atoms with Gasteiger partial charge in [-0.2, -0.15) is 0 Å². The predicted molar refractivity (Wildman–Crippen MR) is 117 cm³/mol. The van der Waals surface area contributed by atoms with Gasteiger partial charge in [-0.3, -0.25) is 0 Å². The van der Waals surface area contributed by atoms with Gasteiger partial charge in [-0.05, 0) is 12.1 Å². The van der Waals surface area contributed by atoms with Gasteiger partial charge < -0.3 is 24.3 Å². The van der Waals surface area contributed by atoms with E-state index in [2.05, 4.69) is 9.97 Å². The number of carboxylic acids is 1. The number of nitrogens with zero attached hydrogens (tertiary/aromatic N) is 2. The third-order valence-electron chi connectivity index (χ3n) is 5.03. The topological polar surface area (TPSA) is 116 Å². The number of aromatic carboxylic acids is 1. The SMILES string of the molecule is COc1cc(Cl)c(-n2c(=O)[nH]c3cc(F)c(C(=O)O)nc32)cc1OCc1c(OC)ccc(F)c1F. The molecule has 0 aliphatic heterocycles. The van der Waals surface area contributed by atoms with Crippen LogP contribution in [0.25, 0.3) is 16.9 Å². The van der Waals surface area contributed by atoms with Crippen LogP contribution in [0, 0.1) is 17.5 Å². The molecule has 0 saturated heterocycles. The molecule has 0 bridgehead atoms. The minimum absolute atomic E-state index is 0.0270. The fourth-order valence-electron chi connectivity index (χ4n) is 3.40. The average Bonchev–Trinajstić information content (AvgIpc) is 3.13. The fraction of sp³-hybridized carbons (Fsp3) is 0.136. The normalized spacial score (nSPS) is 11.0. The van der Waals surface area contributed by atoms with Crippen molar-refractivity contribution in [2.24, 2.45) is 0 Å². The molecule has 2 heterocycles. The number of benzene rings is 2. The minimum Gasteiger partial charge on any atom is -0.496 e. The number of aromatic nitrogens is 3. The first-order chi connectivity index (χ1) is 16.7. The third-order valence-corrected chi connectivity index (χ3v) is 5.34. The maximum absolute atomic E-state index is 14.3. The van der Waals surface area contributed by atoms with Crippen molar-refractivity contribution in [1.29, 1.82) is 0 Å². The molecule has 4 aromatic rings. The minimum atomic E-state index is -1.64. The first kappa shape index (κ1) is 24.0. The molecule has 0 aliphatic rings. The summed E-state index contributed by atoms with van der Waals surface area (Å²) in [7, 11) is 2.59. The Bertz CT molecular complexity index is 1540. The summed E-state index contributed by atoms with van der Waals surface area (Å²) in [6.07, 6.45) is 0. The molecule has 182 valence electrons. The second-order valence-electron chi connectivity index (χ2n) is 7.05. The number of nitrogens with one attached hydrogen (secondary N) is 1. The molecule has 0 saturated carbocycles. The summed E-state index contributed by atoms with van der Waals surface area (Å²) in [5, 5.41) is 9.16. The Kier molecular flexibility index (Phi) is 6.31. The van der Waals surface area contributed by atoms with E-state index in [0.29, 0.717) is 0 Å². The second-order valence-corrected chi connectivity index (χ2v) is 7.45. The standard InChI is InChI=1S/C22H15ClF3N3O6/c1-33-15-4-3-11(24)18(26)9(15)8-35-17-7-14(10(23)5-16(17)34-2)29-20-13(27-22(29)32)6-12(25)19(28-20)21(30)31/h3-7H,8H2,1-2H3,(H,27,32)(H,30,31). The van der Waals surface area contributed by atoms with Crippen molar-refractivity contribution in [3.8, 4) is 22.9 Å². The molecular weight excluding hydrogens is 495 g/mol. The van der Waals surface area contributed by atoms with Crippen molar-refractivity contribution in [3.63, 3.8) is 0 Å². The molecule has 0 radical (unpaired) electrons. The summed E-state index contributed by atoms with van der Waals surface area (Å²) < 4.78 is 59.0. The molecule has 2 aromatic carbocycles. The zero-order valence-corrected chi connectivity index (χ0v) is 18.7. The van der Waals surface area contributed by atoms with Gasteiger partial charge in [0.25, 0.3) is 0 Å². The van der Waals surface area contributed by atoms with Gasteiger partial charge in [0.05, 0.1) is 36.0 Å². The number of methoxy groups -OCH3 is 2. The molecular formula is C22H15ClF3N3O6. The van der Waals surface area contributed by atoms with E-state index in [1.54, 1.807) is 0 Å². The van der Waals surface area contributed by atoms with Crippen molar-refractivity contribution in [2.75, 3.05) is 14.2 Å². The van der Waals surface area contributed by atoms with Gasteiger partial charge in [0.15, 0.2) is 40.3 Å². The largest absolute Gasteiger partial charge is 0.496 e. The molecule has 35 heavy (non-hydrogen) atoms. The summed E-state index contributed by atoms with van der Waals surface area (Å²) in [4.78, 5) is 30.1. The number of imidazole rings is 1. The maximum atomic E-state index is 14.3. The number of H-pyrrole nitrogens is 1. The number of pyridine rings is 1. The summed E-state index contributed by atoms with van der Waals surface area (Å²) in [6.45, 7) is -0.487. The molecule has 0 amide bonds. The van der Waals surface area contributed by atoms with Crippen LogP contribution < -0.4 is 19.9 Å². The maximum Gasteiger partial charge on any atom is 0.357 e. The van der Waals surface area contributed by atoms with E-state index in [0.717, 1.165) is 16.7 Å². The van der Waals surface area contributed by atoms with Gasteiger partial charge in [-0.1, -0.05) is 11.6 Å². The molecule has 9 nitrogen and oxygen atoms in total. The van der Waals surface area contributed by atoms with E-state index < -0.39 is 41.4 Å². The van der Waals surface area contributed by atoms with Crippen LogP contribution in [-0.2, 0) is 6.61 Å². The van der Waals surface area contributed by atoms with Crippen LogP contribution in [0.2, 0.25) is 5.02 Å². The molecule has 0 unspecified atom stereocenters. The fourth-order valence-corrected chi connectivity index (χ4v) is 3.64. The van der Waals surface area contributed by atoms with Crippen LogP contribution in [0.3, 0.4) is 0 Å². The number of ether oxygens (including phenoxy) is 3. The molecule has 0 fully saturated rings. The van der Waals surface area contributed by atoms with Gasteiger partial charge in [0.1, 0.15) is 12.4 Å². The molecule has 0 aliphatic carbocycles. The van der Waals surface area contributed by atoms with E-state index in [1.165, 1.54) is 32.4 Å². The smallest absolute Gasteiger partial charge is 0.357 e. The predicted octanol–water partition coefficient (Wildman–Crippen LogP) is 4.08. The first-order valence-corrected chi connectivity index (χ1v) is 10.1. The van der Waals surface area contributed by atoms with Gasteiger partial charge in [0, 0.05) is 18.2 Å². The van der Waals surface area contributed by atoms with Crippen LogP contribution >= 0.6 is 11.6 Å². The van der Waals surface area contributed by atoms with Gasteiger partial charge in [0.2, 0.25) is 0 Å². The molecule has 13 heteroatoms. The quantitative estimate of drug-likeness (QED) is 0.385. The number of carbonyl (C=O) groups is 1. The van der Waals surface area contributed by atoms with Crippen LogP contribution in [-0.4, -0.2) is 39.8 Å². The summed E-state index contributed by atoms with van der Waals surface area (Å²) in [5.41, 5.74) is -2.24. The van der Waals surface area contributed by atoms with E-state index in [4.69, 9.17) is 25.8 Å². The van der Waals surface area contributed by atoms with Crippen LogP contribution in [0.15, 0.2) is 35.1 Å². The second kappa shape index (κ2) is 9.22. The Labute approximate surface area is 199 Å². The number of fused-ring (bicyclic) bond motifs is 1. The van der Waals surface area contributed by atoms with Crippen LogP contribution in [0.1, 0.15) is 16.1 Å². The van der Waals surface area contributed by atoms with Gasteiger partial charge >= 0.3 is 11.7 Å². The Hall–Kier alpha value is -4.19. The Morgan fingerprint density at radius 3 is 2.46 bits per heavy atom. The van der Waals surface area contributed by atoms with Crippen LogP contribution in [0.4, 0.5) is 13.2 Å². The monoisotopic (exact) mass is 509 g/mol. The molecule has 2 aromatic heterocycles. The lowest BCUT2D eigenvalue weighted by Crippen LogP contribution is -2.16. The number of rotatable bonds is 7. The van der Waals surface area contributed by atoms with Gasteiger partial charge in [-0.15, -0.1) is 0 Å². The first-order valence-electron chi connectivity index (χ1n) is 9.72. The highest BCUT2D eigenvalue weighted by Crippen LogP contribution is 2.37. The lowest BCUT2D eigenvalue weighted by Gasteiger charge is -2.16. The van der Waals surface area contributed by atoms with Crippen molar-refractivity contribution in [3.05, 3.63) is 74.5 Å². The lowest BCUT2D eigenvalue weighted by atomic mass is 10.2. The van der Waals surface area contributed by atoms with Gasteiger partial charge in [-0.25, -0.2) is 32.3 Å². The van der Waals surface area contributed by atoms with E-state index in [9.17, 15) is 27.9 Å². The van der Waals surface area contributed by atoms with Crippen molar-refractivity contribution >= 4 is 28.7 Å². The molecule has 0 spiro atoms. The van der Waals surface area contributed by atoms with E-state index in [-0.39, 0.29) is 44.7 Å². The van der Waals surface area contributed by atoms with Crippen molar-refractivity contribution in [1.82, 2.24) is 14.5 Å². The van der Waals surface area contributed by atoms with Crippen molar-refractivity contribution in [2.45, 2.75) is 6.61 Å². The number of aromatic amines is 1. The molecule has 4 rings (SSSR count). The van der Waals surface area contributed by atoms with E-state index in [1.807, 2.05) is 0 Å². The highest BCUT2D eigenvalue weighted by molar-refractivity contribution is 6.32. The average molecular weight is 510 g/mol. The number of halogens is 4. The lowest BCUT2D eigenvalue weighted by molar-refractivity contribution is 0.0685. The molecule has 2 N–H and O–H groups in total. The summed E-state index contributed by atoms with van der Waals surface area (Å²) in [5.74, 6) is -4.96. The Morgan fingerprint density at radius 1 is 1.09 bits per heavy atom. The Balaban J connectivity index is 1.84. The highest BCUT2D eigenvalue weighted by Gasteiger charge is 2.22. The number of hydrogen-bond donors (Lipinski definition) is 2. The summed E-state index contributed by atoms with van der Waals surface area (Å²) >= 11 is 6.33. The third kappa shape index (κ3) is 4.23. The Morgan fingerprint density at radius 2 is 1.80 bits per heavy atom. The zero-order chi connectivity index (χ0) is 25.4. The van der Waals surface area contributed by atoms with Crippen molar-refractivity contribution < 1.29 is 37.3 Å². The highest BCUT2D eigenvalue weighted by atomic mass is 35.5. The number of hydrogen-bond acceptors (Lipinski definition) is 6. The van der Waals surface area contributed by atoms with Crippen LogP contribution in [0.5, 0.6) is 17.2 Å². The zero-order valence-electron chi connectivity index (χ0n) is 18.0. The number of carboxylic acid groups (broad SMARTS) is 1.